The van der Waals surface area contributed by atoms with Gasteiger partial charge in [-0.25, -0.2) is 0 Å². The van der Waals surface area contributed by atoms with Crippen molar-refractivity contribution in [2.75, 3.05) is 5.32 Å². The van der Waals surface area contributed by atoms with Gasteiger partial charge in [-0.3, -0.25) is 4.79 Å². The largest absolute Gasteiger partial charge is 0.435 e. The average molecular weight is 459 g/mol. The van der Waals surface area contributed by atoms with Crippen LogP contribution < -0.4 is 5.32 Å². The SMILES string of the molecule is CCCC(=O)Nc1ccc(C2=NOC(c3cc(Cl)cc(Cl)c3)(C(F)(F)F)C2)cc1C. The number of halogens is 5. The molecule has 1 aliphatic heterocycles. The van der Waals surface area contributed by atoms with Crippen LogP contribution in [0, 0.1) is 6.92 Å². The molecule has 1 heterocycles. The quantitative estimate of drug-likeness (QED) is 0.546. The molecular weight excluding hydrogens is 440 g/mol. The molecule has 1 amide bonds. The Balaban J connectivity index is 1.91. The number of hydrogen-bond acceptors (Lipinski definition) is 3. The lowest BCUT2D eigenvalue weighted by Gasteiger charge is -2.29. The van der Waals surface area contributed by atoms with Gasteiger partial charge >= 0.3 is 6.18 Å². The molecule has 0 fully saturated rings. The molecule has 1 unspecified atom stereocenters. The van der Waals surface area contributed by atoms with Gasteiger partial charge in [0.1, 0.15) is 0 Å². The molecular formula is C21H19Cl2F3N2O2. The highest BCUT2D eigenvalue weighted by Gasteiger charge is 2.62. The fourth-order valence-corrected chi connectivity index (χ4v) is 3.79. The van der Waals surface area contributed by atoms with Crippen LogP contribution in [0.15, 0.2) is 41.6 Å². The van der Waals surface area contributed by atoms with Crippen LogP contribution in [0.25, 0.3) is 0 Å². The molecule has 1 atom stereocenters. The second-order valence-electron chi connectivity index (χ2n) is 7.12. The summed E-state index contributed by atoms with van der Waals surface area (Å²) < 4.78 is 42.2. The first-order valence-corrected chi connectivity index (χ1v) is 10.0. The molecule has 2 aromatic rings. The van der Waals surface area contributed by atoms with E-state index in [9.17, 15) is 18.0 Å². The Labute approximate surface area is 182 Å². The molecule has 0 saturated heterocycles. The van der Waals surface area contributed by atoms with Gasteiger partial charge in [0.15, 0.2) is 0 Å². The third-order valence-electron chi connectivity index (χ3n) is 4.83. The molecule has 160 valence electrons. The summed E-state index contributed by atoms with van der Waals surface area (Å²) in [5, 5.41) is 6.68. The molecule has 2 aromatic carbocycles. The monoisotopic (exact) mass is 458 g/mol. The second kappa shape index (κ2) is 8.47. The number of rotatable bonds is 5. The molecule has 0 aliphatic carbocycles. The van der Waals surface area contributed by atoms with Crippen molar-refractivity contribution in [1.29, 1.82) is 0 Å². The van der Waals surface area contributed by atoms with Crippen LogP contribution in [0.1, 0.15) is 42.9 Å². The van der Waals surface area contributed by atoms with E-state index in [1.165, 1.54) is 18.2 Å². The van der Waals surface area contributed by atoms with E-state index < -0.39 is 18.2 Å². The number of alkyl halides is 3. The molecule has 4 nitrogen and oxygen atoms in total. The molecule has 0 bridgehead atoms. The number of carbonyl (C=O) groups excluding carboxylic acids is 1. The highest BCUT2D eigenvalue weighted by molar-refractivity contribution is 6.34. The third-order valence-corrected chi connectivity index (χ3v) is 5.26. The van der Waals surface area contributed by atoms with E-state index in [0.717, 1.165) is 0 Å². The first-order chi connectivity index (χ1) is 14.1. The zero-order valence-electron chi connectivity index (χ0n) is 16.2. The smallest absolute Gasteiger partial charge is 0.374 e. The number of oxime groups is 1. The van der Waals surface area contributed by atoms with Crippen molar-refractivity contribution in [3.63, 3.8) is 0 Å². The van der Waals surface area contributed by atoms with Crippen molar-refractivity contribution in [3.8, 4) is 0 Å². The van der Waals surface area contributed by atoms with Gasteiger partial charge in [0.2, 0.25) is 5.91 Å². The topological polar surface area (TPSA) is 50.7 Å². The summed E-state index contributed by atoms with van der Waals surface area (Å²) in [6.07, 6.45) is -4.19. The fourth-order valence-electron chi connectivity index (χ4n) is 3.27. The second-order valence-corrected chi connectivity index (χ2v) is 7.99. The molecule has 0 spiro atoms. The third kappa shape index (κ3) is 4.42. The molecule has 0 saturated carbocycles. The minimum absolute atomic E-state index is 0.0705. The van der Waals surface area contributed by atoms with Gasteiger partial charge in [0.05, 0.1) is 5.71 Å². The molecule has 0 radical (unpaired) electrons. The van der Waals surface area contributed by atoms with Crippen molar-refractivity contribution in [3.05, 3.63) is 63.1 Å². The Morgan fingerprint density at radius 3 is 2.43 bits per heavy atom. The summed E-state index contributed by atoms with van der Waals surface area (Å²) in [6.45, 7) is 3.66. The van der Waals surface area contributed by atoms with E-state index in [2.05, 4.69) is 10.5 Å². The zero-order valence-corrected chi connectivity index (χ0v) is 17.8. The van der Waals surface area contributed by atoms with Gasteiger partial charge in [-0.1, -0.05) is 41.3 Å². The Morgan fingerprint density at radius 2 is 1.87 bits per heavy atom. The van der Waals surface area contributed by atoms with Crippen molar-refractivity contribution < 1.29 is 22.8 Å². The predicted molar refractivity (Wildman–Crippen MR) is 111 cm³/mol. The number of amides is 1. The highest BCUT2D eigenvalue weighted by Crippen LogP contribution is 2.49. The van der Waals surface area contributed by atoms with E-state index in [1.807, 2.05) is 6.92 Å². The number of nitrogens with one attached hydrogen (secondary N) is 1. The first-order valence-electron chi connectivity index (χ1n) is 9.25. The number of carbonyl (C=O) groups is 1. The summed E-state index contributed by atoms with van der Waals surface area (Å²) in [5.74, 6) is -0.121. The van der Waals surface area contributed by atoms with Gasteiger partial charge in [0.25, 0.3) is 5.60 Å². The lowest BCUT2D eigenvalue weighted by Crippen LogP contribution is -2.42. The number of aryl methyl sites for hydroxylation is 1. The Morgan fingerprint density at radius 1 is 1.20 bits per heavy atom. The molecule has 9 heteroatoms. The molecule has 0 aromatic heterocycles. The van der Waals surface area contributed by atoms with Gasteiger partial charge in [0, 0.05) is 34.1 Å². The Kier molecular flexibility index (Phi) is 6.34. The van der Waals surface area contributed by atoms with Crippen molar-refractivity contribution in [2.45, 2.75) is 44.9 Å². The summed E-state index contributed by atoms with van der Waals surface area (Å²) in [7, 11) is 0. The van der Waals surface area contributed by atoms with Crippen LogP contribution in [0.3, 0.4) is 0 Å². The van der Waals surface area contributed by atoms with Gasteiger partial charge < -0.3 is 10.2 Å². The van der Waals surface area contributed by atoms with Crippen LogP contribution >= 0.6 is 23.2 Å². The summed E-state index contributed by atoms with van der Waals surface area (Å²) >= 11 is 11.8. The fraction of sp³-hybridized carbons (Fsp3) is 0.333. The lowest BCUT2D eigenvalue weighted by atomic mass is 9.86. The van der Waals surface area contributed by atoms with Gasteiger partial charge in [-0.2, -0.15) is 13.2 Å². The summed E-state index contributed by atoms with van der Waals surface area (Å²) in [5.41, 5.74) is -0.987. The van der Waals surface area contributed by atoms with Gasteiger partial charge in [-0.05, 0) is 54.8 Å². The van der Waals surface area contributed by atoms with Crippen molar-refractivity contribution in [2.24, 2.45) is 5.16 Å². The van der Waals surface area contributed by atoms with Crippen LogP contribution in [-0.2, 0) is 15.2 Å². The standard InChI is InChI=1S/C21H19Cl2F3N2O2/c1-3-4-19(29)27-17-6-5-13(7-12(17)2)18-11-20(30-28-18,21(24,25)26)14-8-15(22)10-16(23)9-14/h5-10H,3-4,11H2,1-2H3,(H,27,29). The minimum atomic E-state index is -4.75. The van der Waals surface area contributed by atoms with Crippen molar-refractivity contribution in [1.82, 2.24) is 0 Å². The molecule has 30 heavy (non-hydrogen) atoms. The predicted octanol–water partition coefficient (Wildman–Crippen LogP) is 6.62. The number of nitrogens with zero attached hydrogens (tertiary/aromatic N) is 1. The van der Waals surface area contributed by atoms with E-state index in [1.54, 1.807) is 25.1 Å². The van der Waals surface area contributed by atoms with E-state index in [-0.39, 0.29) is 27.2 Å². The van der Waals surface area contributed by atoms with E-state index >= 15 is 0 Å². The normalized spacial score (nSPS) is 18.7. The Bertz CT molecular complexity index is 988. The van der Waals surface area contributed by atoms with Gasteiger partial charge in [-0.15, -0.1) is 0 Å². The van der Waals surface area contributed by atoms with Crippen LogP contribution in [0.4, 0.5) is 18.9 Å². The average Bonchev–Trinajstić information content (AvgIpc) is 3.09. The van der Waals surface area contributed by atoms with Crippen LogP contribution in [0.2, 0.25) is 10.0 Å². The molecule has 1 aliphatic rings. The maximum atomic E-state index is 14.1. The maximum Gasteiger partial charge on any atom is 0.435 e. The van der Waals surface area contributed by atoms with E-state index in [0.29, 0.717) is 29.7 Å². The molecule has 1 N–H and O–H groups in total. The summed E-state index contributed by atoms with van der Waals surface area (Å²) in [4.78, 5) is 16.8. The highest BCUT2D eigenvalue weighted by atomic mass is 35.5. The number of anilines is 1. The Hall–Kier alpha value is -2.25. The summed E-state index contributed by atoms with van der Waals surface area (Å²) in [6, 6.07) is 8.62. The number of benzene rings is 2. The van der Waals surface area contributed by atoms with E-state index in [4.69, 9.17) is 28.0 Å². The lowest BCUT2D eigenvalue weighted by molar-refractivity contribution is -0.275. The minimum Gasteiger partial charge on any atom is -0.374 e. The van der Waals surface area contributed by atoms with Crippen molar-refractivity contribution >= 4 is 40.5 Å². The van der Waals surface area contributed by atoms with Crippen LogP contribution in [0.5, 0.6) is 0 Å². The zero-order chi connectivity index (χ0) is 22.1. The number of hydrogen-bond donors (Lipinski definition) is 1. The molecule has 3 rings (SSSR count). The van der Waals surface area contributed by atoms with Crippen LogP contribution in [-0.4, -0.2) is 17.8 Å². The maximum absolute atomic E-state index is 14.1. The first kappa shape index (κ1) is 22.4.